The van der Waals surface area contributed by atoms with Crippen LogP contribution in [-0.2, 0) is 0 Å². The third-order valence-electron chi connectivity index (χ3n) is 2.40. The molecule has 0 bridgehead atoms. The highest BCUT2D eigenvalue weighted by atomic mass is 35.5. The molecular formula is C13H17ClN2. The molecule has 1 aromatic carbocycles. The van der Waals surface area contributed by atoms with E-state index < -0.39 is 0 Å². The zero-order valence-electron chi connectivity index (χ0n) is 9.83. The summed E-state index contributed by atoms with van der Waals surface area (Å²) in [5, 5.41) is 9.44. The molecule has 0 spiro atoms. The van der Waals surface area contributed by atoms with Gasteiger partial charge in [0.2, 0.25) is 0 Å². The Bertz CT molecular complexity index is 376. The van der Waals surface area contributed by atoms with Gasteiger partial charge >= 0.3 is 0 Å². The lowest BCUT2D eigenvalue weighted by Gasteiger charge is -2.24. The van der Waals surface area contributed by atoms with Crippen LogP contribution < -0.4 is 4.90 Å². The van der Waals surface area contributed by atoms with E-state index in [1.807, 2.05) is 12.1 Å². The Kier molecular flexibility index (Phi) is 5.14. The third-order valence-corrected chi connectivity index (χ3v) is 2.71. The molecule has 0 atom stereocenters. The number of hydrogen-bond donors (Lipinski definition) is 0. The van der Waals surface area contributed by atoms with Gasteiger partial charge in [-0.15, -0.1) is 0 Å². The number of rotatable bonds is 5. The minimum Gasteiger partial charge on any atom is -0.370 e. The fourth-order valence-electron chi connectivity index (χ4n) is 1.73. The SMILES string of the molecule is CCCN(CCC)c1ccc(C#N)cc1Cl. The van der Waals surface area contributed by atoms with E-state index in [2.05, 4.69) is 24.8 Å². The summed E-state index contributed by atoms with van der Waals surface area (Å²) in [5.74, 6) is 0. The summed E-state index contributed by atoms with van der Waals surface area (Å²) in [5.41, 5.74) is 1.64. The molecule has 0 saturated carbocycles. The molecule has 0 unspecified atom stereocenters. The van der Waals surface area contributed by atoms with Crippen LogP contribution in [0.4, 0.5) is 5.69 Å². The summed E-state index contributed by atoms with van der Waals surface area (Å²) in [4.78, 5) is 2.27. The lowest BCUT2D eigenvalue weighted by Crippen LogP contribution is -2.25. The van der Waals surface area contributed by atoms with Crippen molar-refractivity contribution in [3.63, 3.8) is 0 Å². The minimum atomic E-state index is 0.613. The van der Waals surface area contributed by atoms with E-state index >= 15 is 0 Å². The van der Waals surface area contributed by atoms with Gasteiger partial charge in [-0.3, -0.25) is 0 Å². The van der Waals surface area contributed by atoms with Crippen molar-refractivity contribution >= 4 is 17.3 Å². The Hall–Kier alpha value is -1.20. The molecule has 0 heterocycles. The van der Waals surface area contributed by atoms with E-state index in [1.54, 1.807) is 6.07 Å². The van der Waals surface area contributed by atoms with Gasteiger partial charge in [0, 0.05) is 13.1 Å². The van der Waals surface area contributed by atoms with Crippen molar-refractivity contribution in [2.75, 3.05) is 18.0 Å². The number of halogens is 1. The van der Waals surface area contributed by atoms with Crippen LogP contribution in [0.3, 0.4) is 0 Å². The molecule has 0 saturated heterocycles. The Morgan fingerprint density at radius 3 is 2.31 bits per heavy atom. The Balaban J connectivity index is 2.96. The standard InChI is InChI=1S/C13H17ClN2/c1-3-7-16(8-4-2)13-6-5-11(10-15)9-12(13)14/h5-6,9H,3-4,7-8H2,1-2H3. The highest BCUT2D eigenvalue weighted by Crippen LogP contribution is 2.27. The molecule has 0 aliphatic heterocycles. The number of nitrogens with zero attached hydrogens (tertiary/aromatic N) is 2. The van der Waals surface area contributed by atoms with E-state index in [9.17, 15) is 0 Å². The summed E-state index contributed by atoms with van der Waals surface area (Å²) in [6.07, 6.45) is 2.19. The van der Waals surface area contributed by atoms with E-state index in [0.29, 0.717) is 10.6 Å². The predicted molar refractivity (Wildman–Crippen MR) is 69.0 cm³/mol. The van der Waals surface area contributed by atoms with Gasteiger partial charge in [-0.1, -0.05) is 25.4 Å². The second-order valence-electron chi connectivity index (χ2n) is 3.77. The molecule has 1 aromatic rings. The summed E-state index contributed by atoms with van der Waals surface area (Å²) in [7, 11) is 0. The molecule has 0 N–H and O–H groups in total. The molecule has 0 aromatic heterocycles. The Morgan fingerprint density at radius 2 is 1.88 bits per heavy atom. The molecule has 3 heteroatoms. The van der Waals surface area contributed by atoms with Crippen LogP contribution in [0.15, 0.2) is 18.2 Å². The summed E-state index contributed by atoms with van der Waals surface area (Å²) in [6, 6.07) is 7.58. The fraction of sp³-hybridized carbons (Fsp3) is 0.462. The molecule has 86 valence electrons. The minimum absolute atomic E-state index is 0.613. The van der Waals surface area contributed by atoms with Crippen molar-refractivity contribution in [1.82, 2.24) is 0 Å². The quantitative estimate of drug-likeness (QED) is 0.777. The number of hydrogen-bond acceptors (Lipinski definition) is 2. The molecule has 0 aliphatic rings. The average Bonchev–Trinajstić information content (AvgIpc) is 2.29. The monoisotopic (exact) mass is 236 g/mol. The topological polar surface area (TPSA) is 27.0 Å². The van der Waals surface area contributed by atoms with Crippen molar-refractivity contribution in [1.29, 1.82) is 5.26 Å². The molecule has 0 aliphatic carbocycles. The lowest BCUT2D eigenvalue weighted by molar-refractivity contribution is 0.745. The van der Waals surface area contributed by atoms with Gasteiger partial charge in [0.05, 0.1) is 22.3 Å². The van der Waals surface area contributed by atoms with Crippen molar-refractivity contribution in [3.05, 3.63) is 28.8 Å². The average molecular weight is 237 g/mol. The van der Waals surface area contributed by atoms with E-state index in [1.165, 1.54) is 0 Å². The number of benzene rings is 1. The van der Waals surface area contributed by atoms with Crippen LogP contribution in [0.25, 0.3) is 0 Å². The molecule has 2 nitrogen and oxygen atoms in total. The van der Waals surface area contributed by atoms with Gasteiger partial charge in [-0.05, 0) is 31.0 Å². The largest absolute Gasteiger partial charge is 0.370 e. The molecule has 0 radical (unpaired) electrons. The van der Waals surface area contributed by atoms with Crippen LogP contribution >= 0.6 is 11.6 Å². The molecule has 0 fully saturated rings. The van der Waals surface area contributed by atoms with Crippen LogP contribution in [0, 0.1) is 11.3 Å². The van der Waals surface area contributed by atoms with E-state index in [4.69, 9.17) is 16.9 Å². The highest BCUT2D eigenvalue weighted by Gasteiger charge is 2.09. The van der Waals surface area contributed by atoms with Gasteiger partial charge in [0.15, 0.2) is 0 Å². The van der Waals surface area contributed by atoms with Crippen molar-refractivity contribution in [2.24, 2.45) is 0 Å². The maximum Gasteiger partial charge on any atom is 0.0992 e. The number of anilines is 1. The molecular weight excluding hydrogens is 220 g/mol. The van der Waals surface area contributed by atoms with Gasteiger partial charge in [0.1, 0.15) is 0 Å². The maximum absolute atomic E-state index is 8.78. The zero-order valence-corrected chi connectivity index (χ0v) is 10.6. The zero-order chi connectivity index (χ0) is 12.0. The highest BCUT2D eigenvalue weighted by molar-refractivity contribution is 6.33. The third kappa shape index (κ3) is 3.15. The summed E-state index contributed by atoms with van der Waals surface area (Å²) in [6.45, 7) is 6.30. The Morgan fingerprint density at radius 1 is 1.25 bits per heavy atom. The smallest absolute Gasteiger partial charge is 0.0992 e. The fourth-order valence-corrected chi connectivity index (χ4v) is 2.03. The maximum atomic E-state index is 8.78. The normalized spacial score (nSPS) is 9.88. The van der Waals surface area contributed by atoms with Gasteiger partial charge in [0.25, 0.3) is 0 Å². The van der Waals surface area contributed by atoms with Gasteiger partial charge in [-0.25, -0.2) is 0 Å². The lowest BCUT2D eigenvalue weighted by atomic mass is 10.2. The van der Waals surface area contributed by atoms with Gasteiger partial charge < -0.3 is 4.90 Å². The molecule has 1 rings (SSSR count). The first-order chi connectivity index (χ1) is 7.72. The van der Waals surface area contributed by atoms with Crippen molar-refractivity contribution in [2.45, 2.75) is 26.7 Å². The van der Waals surface area contributed by atoms with E-state index in [-0.39, 0.29) is 0 Å². The van der Waals surface area contributed by atoms with Crippen molar-refractivity contribution < 1.29 is 0 Å². The van der Waals surface area contributed by atoms with Crippen LogP contribution in [0.1, 0.15) is 32.3 Å². The predicted octanol–water partition coefficient (Wildman–Crippen LogP) is 3.84. The molecule has 0 amide bonds. The second kappa shape index (κ2) is 6.40. The number of nitriles is 1. The molecule has 16 heavy (non-hydrogen) atoms. The Labute approximate surface area is 102 Å². The van der Waals surface area contributed by atoms with Crippen molar-refractivity contribution in [3.8, 4) is 6.07 Å². The van der Waals surface area contributed by atoms with Crippen LogP contribution in [0.2, 0.25) is 5.02 Å². The first-order valence-electron chi connectivity index (χ1n) is 5.67. The first-order valence-corrected chi connectivity index (χ1v) is 6.05. The van der Waals surface area contributed by atoms with Gasteiger partial charge in [-0.2, -0.15) is 5.26 Å². The second-order valence-corrected chi connectivity index (χ2v) is 4.17. The van der Waals surface area contributed by atoms with E-state index in [0.717, 1.165) is 31.6 Å². The summed E-state index contributed by atoms with van der Waals surface area (Å²) < 4.78 is 0. The van der Waals surface area contributed by atoms with Crippen LogP contribution in [0.5, 0.6) is 0 Å². The first kappa shape index (κ1) is 12.9. The summed E-state index contributed by atoms with van der Waals surface area (Å²) >= 11 is 6.18. The van der Waals surface area contributed by atoms with Crippen LogP contribution in [-0.4, -0.2) is 13.1 Å².